The Bertz CT molecular complexity index is 1080. The summed E-state index contributed by atoms with van der Waals surface area (Å²) in [5.74, 6) is 0.211. The Morgan fingerprint density at radius 1 is 1.07 bits per heavy atom. The molecule has 0 unspecified atom stereocenters. The second-order valence-corrected chi connectivity index (χ2v) is 9.39. The number of anilines is 2. The number of hydrogen-bond donors (Lipinski definition) is 2. The molecule has 1 heterocycles. The van der Waals surface area contributed by atoms with Crippen LogP contribution in [0.2, 0.25) is 0 Å². The van der Waals surface area contributed by atoms with Crippen LogP contribution in [0.3, 0.4) is 0 Å². The number of hydrogen-bond acceptors (Lipinski definition) is 5. The van der Waals surface area contributed by atoms with Gasteiger partial charge < -0.3 is 5.32 Å². The summed E-state index contributed by atoms with van der Waals surface area (Å²) >= 11 is 1.20. The highest BCUT2D eigenvalue weighted by molar-refractivity contribution is 7.93. The molecule has 0 aliphatic carbocycles. The second-order valence-electron chi connectivity index (χ2n) is 6.85. The van der Waals surface area contributed by atoms with Crippen LogP contribution in [0.4, 0.5) is 10.8 Å². The van der Waals surface area contributed by atoms with Crippen LogP contribution in [0.25, 0.3) is 0 Å². The normalized spacial score (nSPS) is 11.4. The van der Waals surface area contributed by atoms with Gasteiger partial charge in [0.2, 0.25) is 5.91 Å². The van der Waals surface area contributed by atoms with Gasteiger partial charge in [-0.05, 0) is 36.1 Å². The molecule has 6 nitrogen and oxygen atoms in total. The third-order valence-electron chi connectivity index (χ3n) is 4.29. The van der Waals surface area contributed by atoms with Crippen LogP contribution < -0.4 is 10.0 Å². The van der Waals surface area contributed by atoms with E-state index in [4.69, 9.17) is 0 Å². The van der Waals surface area contributed by atoms with Gasteiger partial charge in [-0.3, -0.25) is 9.52 Å². The zero-order valence-corrected chi connectivity index (χ0v) is 17.9. The van der Waals surface area contributed by atoms with Gasteiger partial charge in [-0.25, -0.2) is 13.4 Å². The van der Waals surface area contributed by atoms with Gasteiger partial charge >= 0.3 is 0 Å². The van der Waals surface area contributed by atoms with Gasteiger partial charge in [0.1, 0.15) is 0 Å². The maximum Gasteiger partial charge on any atom is 0.263 e. The molecule has 0 aliphatic rings. The standard InChI is InChI=1S/C21H23N3O3S2/c1-15(2)18-10-6-7-11-19(18)23-20(25)13-12-16-14-28-21(22-16)24-29(26,27)17-8-4-3-5-9-17/h3-11,14-15H,12-13H2,1-2H3,(H,22,24)(H,23,25). The van der Waals surface area contributed by atoms with Crippen molar-refractivity contribution in [2.24, 2.45) is 0 Å². The minimum Gasteiger partial charge on any atom is -0.326 e. The molecule has 8 heteroatoms. The van der Waals surface area contributed by atoms with Gasteiger partial charge in [-0.2, -0.15) is 0 Å². The fourth-order valence-electron chi connectivity index (χ4n) is 2.81. The first kappa shape index (κ1) is 21.0. The Morgan fingerprint density at radius 2 is 1.76 bits per heavy atom. The molecule has 0 radical (unpaired) electrons. The average molecular weight is 430 g/mol. The van der Waals surface area contributed by atoms with Gasteiger partial charge in [-0.15, -0.1) is 11.3 Å². The Morgan fingerprint density at radius 3 is 2.48 bits per heavy atom. The molecular weight excluding hydrogens is 406 g/mol. The number of aromatic nitrogens is 1. The van der Waals surface area contributed by atoms with Crippen molar-refractivity contribution in [2.75, 3.05) is 10.0 Å². The molecule has 0 atom stereocenters. The number of amides is 1. The maximum atomic E-state index is 12.4. The van der Waals surface area contributed by atoms with Gasteiger partial charge in [-0.1, -0.05) is 50.2 Å². The highest BCUT2D eigenvalue weighted by atomic mass is 32.2. The molecule has 0 fully saturated rings. The van der Waals surface area contributed by atoms with Crippen LogP contribution in [0.15, 0.2) is 64.9 Å². The third-order valence-corrected chi connectivity index (χ3v) is 6.58. The number of benzene rings is 2. The zero-order valence-electron chi connectivity index (χ0n) is 16.3. The first-order valence-corrected chi connectivity index (χ1v) is 11.6. The first-order chi connectivity index (χ1) is 13.8. The number of aryl methyl sites for hydroxylation is 1. The lowest BCUT2D eigenvalue weighted by atomic mass is 10.0. The van der Waals surface area contributed by atoms with Crippen molar-refractivity contribution in [3.8, 4) is 0 Å². The molecule has 1 aromatic heterocycles. The minimum absolute atomic E-state index is 0.0995. The molecule has 0 bridgehead atoms. The summed E-state index contributed by atoms with van der Waals surface area (Å²) in [4.78, 5) is 16.8. The van der Waals surface area contributed by atoms with Crippen LogP contribution in [-0.4, -0.2) is 19.3 Å². The molecule has 0 aliphatic heterocycles. The molecule has 2 aromatic carbocycles. The predicted octanol–water partition coefficient (Wildman–Crippen LogP) is 4.64. The number of thiazole rings is 1. The monoisotopic (exact) mass is 429 g/mol. The van der Waals surface area contributed by atoms with Crippen LogP contribution >= 0.6 is 11.3 Å². The Kier molecular flexibility index (Phi) is 6.66. The summed E-state index contributed by atoms with van der Waals surface area (Å²) < 4.78 is 27.2. The van der Waals surface area contributed by atoms with Crippen molar-refractivity contribution >= 4 is 38.1 Å². The Balaban J connectivity index is 1.58. The van der Waals surface area contributed by atoms with Gasteiger partial charge in [0.25, 0.3) is 10.0 Å². The van der Waals surface area contributed by atoms with Crippen molar-refractivity contribution in [1.82, 2.24) is 4.98 Å². The summed E-state index contributed by atoms with van der Waals surface area (Å²) in [7, 11) is -3.67. The molecule has 0 saturated carbocycles. The molecule has 152 valence electrons. The smallest absolute Gasteiger partial charge is 0.263 e. The van der Waals surface area contributed by atoms with E-state index < -0.39 is 10.0 Å². The molecule has 0 saturated heterocycles. The Labute approximate surface area is 175 Å². The highest BCUT2D eigenvalue weighted by Gasteiger charge is 2.16. The summed E-state index contributed by atoms with van der Waals surface area (Å²) in [6.45, 7) is 4.16. The zero-order chi connectivity index (χ0) is 20.9. The number of carbonyl (C=O) groups is 1. The van der Waals surface area contributed by atoms with Crippen LogP contribution in [0, 0.1) is 0 Å². The van der Waals surface area contributed by atoms with Crippen molar-refractivity contribution in [1.29, 1.82) is 0 Å². The molecule has 0 spiro atoms. The quantitative estimate of drug-likeness (QED) is 0.546. The summed E-state index contributed by atoms with van der Waals surface area (Å²) in [6, 6.07) is 15.9. The van der Waals surface area contributed by atoms with E-state index >= 15 is 0 Å². The molecule has 1 amide bonds. The van der Waals surface area contributed by atoms with Crippen LogP contribution in [0.5, 0.6) is 0 Å². The third kappa shape index (κ3) is 5.65. The van der Waals surface area contributed by atoms with E-state index in [0.717, 1.165) is 11.3 Å². The van der Waals surface area contributed by atoms with E-state index in [2.05, 4.69) is 28.9 Å². The van der Waals surface area contributed by atoms with Gasteiger partial charge in [0.15, 0.2) is 5.13 Å². The SMILES string of the molecule is CC(C)c1ccccc1NC(=O)CCc1csc(NS(=O)(=O)c2ccccc2)n1. The first-order valence-electron chi connectivity index (χ1n) is 9.26. The van der Waals surface area contributed by atoms with E-state index in [9.17, 15) is 13.2 Å². The average Bonchev–Trinajstić information content (AvgIpc) is 3.14. The van der Waals surface area contributed by atoms with Gasteiger partial charge in [0.05, 0.1) is 10.6 Å². The lowest BCUT2D eigenvalue weighted by molar-refractivity contribution is -0.116. The summed E-state index contributed by atoms with van der Waals surface area (Å²) in [6.07, 6.45) is 0.695. The highest BCUT2D eigenvalue weighted by Crippen LogP contribution is 2.24. The lowest BCUT2D eigenvalue weighted by Gasteiger charge is -2.13. The molecule has 3 aromatic rings. The van der Waals surface area contributed by atoms with Crippen molar-refractivity contribution in [2.45, 2.75) is 37.5 Å². The Hall–Kier alpha value is -2.71. The van der Waals surface area contributed by atoms with E-state index in [-0.39, 0.29) is 22.4 Å². The van der Waals surface area contributed by atoms with E-state index in [0.29, 0.717) is 18.0 Å². The second kappa shape index (κ2) is 9.19. The van der Waals surface area contributed by atoms with Crippen molar-refractivity contribution < 1.29 is 13.2 Å². The number of nitrogens with zero attached hydrogens (tertiary/aromatic N) is 1. The van der Waals surface area contributed by atoms with E-state index in [1.54, 1.807) is 23.6 Å². The lowest BCUT2D eigenvalue weighted by Crippen LogP contribution is -2.14. The summed E-state index contributed by atoms with van der Waals surface area (Å²) in [5.41, 5.74) is 2.59. The topological polar surface area (TPSA) is 88.2 Å². The number of para-hydroxylation sites is 1. The fraction of sp³-hybridized carbons (Fsp3) is 0.238. The number of carbonyl (C=O) groups excluding carboxylic acids is 1. The number of nitrogens with one attached hydrogen (secondary N) is 2. The predicted molar refractivity (Wildman–Crippen MR) is 117 cm³/mol. The largest absolute Gasteiger partial charge is 0.326 e. The minimum atomic E-state index is -3.67. The van der Waals surface area contributed by atoms with Crippen molar-refractivity contribution in [3.05, 3.63) is 71.2 Å². The van der Waals surface area contributed by atoms with E-state index in [1.807, 2.05) is 24.3 Å². The molecule has 3 rings (SSSR count). The van der Waals surface area contributed by atoms with Crippen molar-refractivity contribution in [3.63, 3.8) is 0 Å². The summed E-state index contributed by atoms with van der Waals surface area (Å²) in [5, 5.41) is 5.00. The number of rotatable bonds is 8. The molecular formula is C21H23N3O3S2. The molecule has 2 N–H and O–H groups in total. The maximum absolute atomic E-state index is 12.4. The molecule has 29 heavy (non-hydrogen) atoms. The van der Waals surface area contributed by atoms with Crippen LogP contribution in [0.1, 0.15) is 37.4 Å². The fourth-order valence-corrected chi connectivity index (χ4v) is 4.83. The van der Waals surface area contributed by atoms with Gasteiger partial charge in [0, 0.05) is 17.5 Å². The van der Waals surface area contributed by atoms with Crippen LogP contribution in [-0.2, 0) is 21.2 Å². The number of sulfonamides is 1. The van der Waals surface area contributed by atoms with E-state index in [1.165, 1.54) is 23.5 Å².